The molecular formula is C16H14Cl2N2O2S. The summed E-state index contributed by atoms with van der Waals surface area (Å²) in [5.41, 5.74) is 1.03. The second-order valence-electron chi connectivity index (χ2n) is 4.67. The fourth-order valence-corrected chi connectivity index (χ4v) is 2.76. The summed E-state index contributed by atoms with van der Waals surface area (Å²) < 4.78 is 0. The van der Waals surface area contributed by atoms with Gasteiger partial charge in [-0.2, -0.15) is 0 Å². The van der Waals surface area contributed by atoms with E-state index in [1.807, 2.05) is 12.1 Å². The molecule has 23 heavy (non-hydrogen) atoms. The third-order valence-electron chi connectivity index (χ3n) is 2.74. The number of carbonyl (C=O) groups is 2. The fraction of sp³-hybridized carbons (Fsp3) is 0.125. The van der Waals surface area contributed by atoms with E-state index in [9.17, 15) is 9.59 Å². The van der Waals surface area contributed by atoms with Crippen LogP contribution in [0, 0.1) is 0 Å². The lowest BCUT2D eigenvalue weighted by Gasteiger charge is -2.10. The van der Waals surface area contributed by atoms with Gasteiger partial charge in [0.25, 0.3) is 0 Å². The number of hydrogen-bond donors (Lipinski definition) is 2. The van der Waals surface area contributed by atoms with Gasteiger partial charge in [0.05, 0.1) is 16.5 Å². The number of halogens is 2. The molecule has 4 nitrogen and oxygen atoms in total. The van der Waals surface area contributed by atoms with Crippen molar-refractivity contribution >= 4 is 58.2 Å². The molecule has 0 saturated carbocycles. The standard InChI is InChI=1S/C16H14Cl2N2O2S/c1-10(21)19-12-4-7-14(18)15(8-12)20-16(22)9-23-13-5-2-11(17)3-6-13/h2-8H,9H2,1H3,(H,19,21)(H,20,22). The molecule has 0 bridgehead atoms. The Morgan fingerprint density at radius 3 is 2.39 bits per heavy atom. The average molecular weight is 369 g/mol. The third-order valence-corrected chi connectivity index (χ3v) is 4.34. The van der Waals surface area contributed by atoms with Gasteiger partial charge in [0.2, 0.25) is 11.8 Å². The highest BCUT2D eigenvalue weighted by Gasteiger charge is 2.08. The molecule has 0 aliphatic heterocycles. The normalized spacial score (nSPS) is 10.2. The van der Waals surface area contributed by atoms with Gasteiger partial charge in [-0.05, 0) is 42.5 Å². The number of nitrogens with one attached hydrogen (secondary N) is 2. The van der Waals surface area contributed by atoms with Gasteiger partial charge in [0.1, 0.15) is 0 Å². The Morgan fingerprint density at radius 1 is 1.04 bits per heavy atom. The summed E-state index contributed by atoms with van der Waals surface area (Å²) in [4.78, 5) is 24.1. The molecule has 7 heteroatoms. The zero-order chi connectivity index (χ0) is 16.8. The first-order valence-electron chi connectivity index (χ1n) is 6.69. The van der Waals surface area contributed by atoms with Crippen LogP contribution < -0.4 is 10.6 Å². The Bertz CT molecular complexity index is 721. The van der Waals surface area contributed by atoms with Crippen molar-refractivity contribution in [1.29, 1.82) is 0 Å². The van der Waals surface area contributed by atoms with Gasteiger partial charge in [-0.15, -0.1) is 11.8 Å². The van der Waals surface area contributed by atoms with Crippen LogP contribution in [-0.4, -0.2) is 17.6 Å². The van der Waals surface area contributed by atoms with Crippen LogP contribution in [0.2, 0.25) is 10.0 Å². The van der Waals surface area contributed by atoms with Crippen LogP contribution in [0.1, 0.15) is 6.92 Å². The van der Waals surface area contributed by atoms with E-state index in [2.05, 4.69) is 10.6 Å². The molecule has 0 aliphatic carbocycles. The molecule has 0 spiro atoms. The van der Waals surface area contributed by atoms with Gasteiger partial charge in [-0.3, -0.25) is 9.59 Å². The Morgan fingerprint density at radius 2 is 1.74 bits per heavy atom. The van der Waals surface area contributed by atoms with Crippen LogP contribution in [0.3, 0.4) is 0 Å². The van der Waals surface area contributed by atoms with Crippen molar-refractivity contribution in [2.45, 2.75) is 11.8 Å². The monoisotopic (exact) mass is 368 g/mol. The highest BCUT2D eigenvalue weighted by molar-refractivity contribution is 8.00. The van der Waals surface area contributed by atoms with E-state index in [-0.39, 0.29) is 17.6 Å². The summed E-state index contributed by atoms with van der Waals surface area (Å²) in [6.45, 7) is 1.41. The minimum atomic E-state index is -0.192. The zero-order valence-corrected chi connectivity index (χ0v) is 14.6. The van der Waals surface area contributed by atoms with Crippen molar-refractivity contribution < 1.29 is 9.59 Å². The highest BCUT2D eigenvalue weighted by atomic mass is 35.5. The number of hydrogen-bond acceptors (Lipinski definition) is 3. The first-order valence-corrected chi connectivity index (χ1v) is 8.43. The predicted molar refractivity (Wildman–Crippen MR) is 96.6 cm³/mol. The van der Waals surface area contributed by atoms with Crippen LogP contribution in [0.15, 0.2) is 47.4 Å². The molecule has 120 valence electrons. The maximum absolute atomic E-state index is 12.0. The summed E-state index contributed by atoms with van der Waals surface area (Å²) in [6.07, 6.45) is 0. The third kappa shape index (κ3) is 5.78. The predicted octanol–water partition coefficient (Wildman–Crippen LogP) is 4.68. The topological polar surface area (TPSA) is 58.2 Å². The van der Waals surface area contributed by atoms with Crippen molar-refractivity contribution in [3.05, 3.63) is 52.5 Å². The van der Waals surface area contributed by atoms with Gasteiger partial charge in [-0.1, -0.05) is 23.2 Å². The molecule has 2 N–H and O–H groups in total. The second kappa shape index (κ2) is 8.24. The molecule has 2 amide bonds. The van der Waals surface area contributed by atoms with Crippen molar-refractivity contribution in [3.63, 3.8) is 0 Å². The van der Waals surface area contributed by atoms with Crippen LogP contribution in [0.25, 0.3) is 0 Å². The van der Waals surface area contributed by atoms with Crippen LogP contribution in [-0.2, 0) is 9.59 Å². The SMILES string of the molecule is CC(=O)Nc1ccc(Cl)c(NC(=O)CSc2ccc(Cl)cc2)c1. The molecular weight excluding hydrogens is 355 g/mol. The lowest BCUT2D eigenvalue weighted by atomic mass is 10.2. The van der Waals surface area contributed by atoms with E-state index >= 15 is 0 Å². The number of rotatable bonds is 5. The second-order valence-corrected chi connectivity index (χ2v) is 6.56. The van der Waals surface area contributed by atoms with Gasteiger partial charge < -0.3 is 10.6 Å². The van der Waals surface area contributed by atoms with Crippen molar-refractivity contribution in [1.82, 2.24) is 0 Å². The smallest absolute Gasteiger partial charge is 0.234 e. The van der Waals surface area contributed by atoms with E-state index in [0.717, 1.165) is 4.90 Å². The summed E-state index contributed by atoms with van der Waals surface area (Å²) in [5.74, 6) is -0.141. The Hall–Kier alpha value is -1.69. The first-order chi connectivity index (χ1) is 10.9. The first kappa shape index (κ1) is 17.7. The summed E-state index contributed by atoms with van der Waals surface area (Å²) >= 11 is 13.3. The molecule has 0 saturated heterocycles. The summed E-state index contributed by atoms with van der Waals surface area (Å²) in [6, 6.07) is 12.2. The van der Waals surface area contributed by atoms with Gasteiger partial charge in [-0.25, -0.2) is 0 Å². The van der Waals surface area contributed by atoms with Crippen molar-refractivity contribution in [2.75, 3.05) is 16.4 Å². The van der Waals surface area contributed by atoms with Crippen molar-refractivity contribution in [3.8, 4) is 0 Å². The van der Waals surface area contributed by atoms with E-state index in [1.54, 1.807) is 30.3 Å². The Labute approximate surface area is 148 Å². The summed E-state index contributed by atoms with van der Waals surface area (Å²) in [7, 11) is 0. The molecule has 2 aromatic rings. The van der Waals surface area contributed by atoms with Crippen LogP contribution in [0.4, 0.5) is 11.4 Å². The molecule has 0 radical (unpaired) electrons. The quantitative estimate of drug-likeness (QED) is 0.753. The molecule has 0 heterocycles. The maximum Gasteiger partial charge on any atom is 0.234 e. The largest absolute Gasteiger partial charge is 0.326 e. The lowest BCUT2D eigenvalue weighted by Crippen LogP contribution is -2.15. The van der Waals surface area contributed by atoms with Crippen LogP contribution >= 0.6 is 35.0 Å². The molecule has 0 aliphatic rings. The lowest BCUT2D eigenvalue weighted by molar-refractivity contribution is -0.114. The summed E-state index contributed by atoms with van der Waals surface area (Å²) in [5, 5.41) is 6.44. The molecule has 0 unspecified atom stereocenters. The molecule has 2 rings (SSSR count). The number of benzene rings is 2. The van der Waals surface area contributed by atoms with Gasteiger partial charge >= 0.3 is 0 Å². The van der Waals surface area contributed by atoms with E-state index in [0.29, 0.717) is 21.4 Å². The Kier molecular flexibility index (Phi) is 6.33. The number of carbonyl (C=O) groups excluding carboxylic acids is 2. The van der Waals surface area contributed by atoms with Gasteiger partial charge in [0, 0.05) is 22.5 Å². The minimum absolute atomic E-state index is 0.188. The highest BCUT2D eigenvalue weighted by Crippen LogP contribution is 2.26. The van der Waals surface area contributed by atoms with Gasteiger partial charge in [0.15, 0.2) is 0 Å². The maximum atomic E-state index is 12.0. The molecule has 0 atom stereocenters. The van der Waals surface area contributed by atoms with E-state index < -0.39 is 0 Å². The molecule has 0 fully saturated rings. The Balaban J connectivity index is 1.96. The fourth-order valence-electron chi connectivity index (χ4n) is 1.77. The minimum Gasteiger partial charge on any atom is -0.326 e. The van der Waals surface area contributed by atoms with E-state index in [4.69, 9.17) is 23.2 Å². The number of amides is 2. The number of thioether (sulfide) groups is 1. The number of anilines is 2. The molecule has 2 aromatic carbocycles. The van der Waals surface area contributed by atoms with Crippen molar-refractivity contribution in [2.24, 2.45) is 0 Å². The van der Waals surface area contributed by atoms with Crippen LogP contribution in [0.5, 0.6) is 0 Å². The molecule has 0 aromatic heterocycles. The average Bonchev–Trinajstić information content (AvgIpc) is 2.49. The zero-order valence-electron chi connectivity index (χ0n) is 12.2. The van der Waals surface area contributed by atoms with E-state index in [1.165, 1.54) is 18.7 Å².